The third kappa shape index (κ3) is 3.87. The Labute approximate surface area is 148 Å². The standard InChI is InChI=1S/C18H13ClN2O4/c19-15-10-13(21(23)24)8-9-17(15)25-11-18(22)20-16-7-3-5-12-4-1-2-6-14(12)16/h1-10H,11H2,(H,20,22). The Morgan fingerprint density at radius 3 is 2.64 bits per heavy atom. The summed E-state index contributed by atoms with van der Waals surface area (Å²) in [5.74, 6) is -0.147. The third-order valence-electron chi connectivity index (χ3n) is 3.55. The molecule has 0 saturated carbocycles. The number of nitrogens with one attached hydrogen (secondary N) is 1. The van der Waals surface area contributed by atoms with Crippen molar-refractivity contribution < 1.29 is 14.5 Å². The number of hydrogen-bond acceptors (Lipinski definition) is 4. The monoisotopic (exact) mass is 356 g/mol. The van der Waals surface area contributed by atoms with Gasteiger partial charge in [-0.25, -0.2) is 0 Å². The molecule has 0 radical (unpaired) electrons. The summed E-state index contributed by atoms with van der Waals surface area (Å²) in [5.41, 5.74) is 0.541. The predicted molar refractivity (Wildman–Crippen MR) is 96.2 cm³/mol. The van der Waals surface area contributed by atoms with Crippen molar-refractivity contribution in [3.63, 3.8) is 0 Å². The minimum atomic E-state index is -0.553. The van der Waals surface area contributed by atoms with Gasteiger partial charge in [-0.15, -0.1) is 0 Å². The zero-order chi connectivity index (χ0) is 17.8. The number of ether oxygens (including phenoxy) is 1. The number of benzene rings is 3. The second kappa shape index (κ2) is 7.19. The number of nitrogens with zero attached hydrogens (tertiary/aromatic N) is 1. The number of carbonyl (C=O) groups excluding carboxylic acids is 1. The smallest absolute Gasteiger partial charge is 0.271 e. The van der Waals surface area contributed by atoms with Crippen molar-refractivity contribution in [3.8, 4) is 5.75 Å². The van der Waals surface area contributed by atoms with Gasteiger partial charge in [0.2, 0.25) is 0 Å². The van der Waals surface area contributed by atoms with Crippen LogP contribution >= 0.6 is 11.6 Å². The lowest BCUT2D eigenvalue weighted by atomic mass is 10.1. The van der Waals surface area contributed by atoms with Crippen LogP contribution in [0.3, 0.4) is 0 Å². The molecule has 126 valence electrons. The zero-order valence-corrected chi connectivity index (χ0v) is 13.7. The molecule has 0 aliphatic heterocycles. The van der Waals surface area contributed by atoms with Crippen molar-refractivity contribution in [2.24, 2.45) is 0 Å². The molecule has 3 aromatic rings. The second-order valence-corrected chi connectivity index (χ2v) is 5.64. The minimum Gasteiger partial charge on any atom is -0.482 e. The van der Waals surface area contributed by atoms with E-state index in [2.05, 4.69) is 5.32 Å². The van der Waals surface area contributed by atoms with E-state index in [9.17, 15) is 14.9 Å². The molecule has 3 rings (SSSR count). The highest BCUT2D eigenvalue weighted by Crippen LogP contribution is 2.28. The summed E-state index contributed by atoms with van der Waals surface area (Å²) < 4.78 is 5.35. The minimum absolute atomic E-state index is 0.0761. The van der Waals surface area contributed by atoms with E-state index in [0.717, 1.165) is 10.8 Å². The molecule has 1 amide bonds. The zero-order valence-electron chi connectivity index (χ0n) is 12.9. The Morgan fingerprint density at radius 1 is 1.12 bits per heavy atom. The van der Waals surface area contributed by atoms with Gasteiger partial charge in [-0.05, 0) is 17.5 Å². The lowest BCUT2D eigenvalue weighted by Gasteiger charge is -2.10. The maximum atomic E-state index is 12.1. The summed E-state index contributed by atoms with van der Waals surface area (Å²) in [7, 11) is 0. The summed E-state index contributed by atoms with van der Waals surface area (Å²) in [6.45, 7) is -0.263. The lowest BCUT2D eigenvalue weighted by molar-refractivity contribution is -0.384. The number of anilines is 1. The third-order valence-corrected chi connectivity index (χ3v) is 3.84. The first-order valence-electron chi connectivity index (χ1n) is 7.39. The Kier molecular flexibility index (Phi) is 4.81. The molecule has 3 aromatic carbocycles. The fourth-order valence-corrected chi connectivity index (χ4v) is 2.61. The van der Waals surface area contributed by atoms with Gasteiger partial charge in [-0.1, -0.05) is 48.0 Å². The molecule has 0 aromatic heterocycles. The highest BCUT2D eigenvalue weighted by Gasteiger charge is 2.12. The number of halogens is 1. The molecule has 0 aliphatic carbocycles. The number of rotatable bonds is 5. The average Bonchev–Trinajstić information content (AvgIpc) is 2.61. The molecular weight excluding hydrogens is 344 g/mol. The molecule has 6 nitrogen and oxygen atoms in total. The van der Waals surface area contributed by atoms with Crippen LogP contribution in [-0.2, 0) is 4.79 Å². The Bertz CT molecular complexity index is 953. The van der Waals surface area contributed by atoms with Crippen LogP contribution in [0.1, 0.15) is 0 Å². The van der Waals surface area contributed by atoms with E-state index in [0.29, 0.717) is 5.69 Å². The predicted octanol–water partition coefficient (Wildman–Crippen LogP) is 4.42. The van der Waals surface area contributed by atoms with Crippen molar-refractivity contribution in [1.29, 1.82) is 0 Å². The lowest BCUT2D eigenvalue weighted by Crippen LogP contribution is -2.20. The van der Waals surface area contributed by atoms with E-state index in [-0.39, 0.29) is 29.0 Å². The van der Waals surface area contributed by atoms with Crippen LogP contribution in [-0.4, -0.2) is 17.4 Å². The van der Waals surface area contributed by atoms with Crippen LogP contribution in [0.2, 0.25) is 5.02 Å². The quantitative estimate of drug-likeness (QED) is 0.542. The maximum Gasteiger partial charge on any atom is 0.271 e. The fourth-order valence-electron chi connectivity index (χ4n) is 2.38. The molecule has 0 fully saturated rings. The molecule has 0 bridgehead atoms. The van der Waals surface area contributed by atoms with Gasteiger partial charge in [0.05, 0.1) is 9.95 Å². The van der Waals surface area contributed by atoms with E-state index < -0.39 is 4.92 Å². The van der Waals surface area contributed by atoms with E-state index in [4.69, 9.17) is 16.3 Å². The number of nitro groups is 1. The first-order chi connectivity index (χ1) is 12.0. The molecule has 0 heterocycles. The Morgan fingerprint density at radius 2 is 1.88 bits per heavy atom. The van der Waals surface area contributed by atoms with Crippen LogP contribution in [0.25, 0.3) is 10.8 Å². The van der Waals surface area contributed by atoms with Crippen LogP contribution in [0.15, 0.2) is 60.7 Å². The van der Waals surface area contributed by atoms with E-state index in [1.54, 1.807) is 6.07 Å². The number of nitro benzene ring substituents is 1. The van der Waals surface area contributed by atoms with Gasteiger partial charge in [0, 0.05) is 23.2 Å². The molecule has 0 spiro atoms. The van der Waals surface area contributed by atoms with E-state index in [1.165, 1.54) is 18.2 Å². The normalized spacial score (nSPS) is 10.4. The van der Waals surface area contributed by atoms with Crippen molar-refractivity contribution in [2.75, 3.05) is 11.9 Å². The van der Waals surface area contributed by atoms with Crippen LogP contribution < -0.4 is 10.1 Å². The second-order valence-electron chi connectivity index (χ2n) is 5.24. The van der Waals surface area contributed by atoms with Gasteiger partial charge in [-0.2, -0.15) is 0 Å². The van der Waals surface area contributed by atoms with Gasteiger partial charge in [0.15, 0.2) is 6.61 Å². The molecule has 1 N–H and O–H groups in total. The summed E-state index contributed by atoms with van der Waals surface area (Å²) in [4.78, 5) is 22.3. The van der Waals surface area contributed by atoms with E-state index >= 15 is 0 Å². The van der Waals surface area contributed by atoms with Crippen molar-refractivity contribution in [2.45, 2.75) is 0 Å². The van der Waals surface area contributed by atoms with Gasteiger partial charge < -0.3 is 10.1 Å². The molecule has 25 heavy (non-hydrogen) atoms. The highest BCUT2D eigenvalue weighted by molar-refractivity contribution is 6.32. The highest BCUT2D eigenvalue weighted by atomic mass is 35.5. The molecule has 0 atom stereocenters. The SMILES string of the molecule is O=C(COc1ccc([N+](=O)[O-])cc1Cl)Nc1cccc2ccccc12. The molecular formula is C18H13ClN2O4. The summed E-state index contributed by atoms with van der Waals surface area (Å²) >= 11 is 5.93. The van der Waals surface area contributed by atoms with Gasteiger partial charge in [0.25, 0.3) is 11.6 Å². The number of non-ortho nitro benzene ring substituents is 1. The van der Waals surface area contributed by atoms with Crippen LogP contribution in [0.4, 0.5) is 11.4 Å². The Hall–Kier alpha value is -3.12. The largest absolute Gasteiger partial charge is 0.482 e. The topological polar surface area (TPSA) is 81.5 Å². The van der Waals surface area contributed by atoms with Crippen LogP contribution in [0.5, 0.6) is 5.75 Å². The number of carbonyl (C=O) groups is 1. The average molecular weight is 357 g/mol. The molecule has 0 aliphatic rings. The number of fused-ring (bicyclic) bond motifs is 1. The maximum absolute atomic E-state index is 12.1. The summed E-state index contributed by atoms with van der Waals surface area (Å²) in [5, 5.41) is 15.5. The molecule has 0 saturated heterocycles. The molecule has 7 heteroatoms. The van der Waals surface area contributed by atoms with Gasteiger partial charge in [-0.3, -0.25) is 14.9 Å². The van der Waals surface area contributed by atoms with Crippen molar-refractivity contribution in [1.82, 2.24) is 0 Å². The first kappa shape index (κ1) is 16.7. The number of amides is 1. The van der Waals surface area contributed by atoms with Crippen molar-refractivity contribution >= 4 is 39.7 Å². The fraction of sp³-hybridized carbons (Fsp3) is 0.0556. The first-order valence-corrected chi connectivity index (χ1v) is 7.77. The summed E-state index contributed by atoms with van der Waals surface area (Å²) in [6.07, 6.45) is 0. The van der Waals surface area contributed by atoms with Gasteiger partial charge in [0.1, 0.15) is 5.75 Å². The van der Waals surface area contributed by atoms with Crippen LogP contribution in [0, 0.1) is 10.1 Å². The molecule has 0 unspecified atom stereocenters. The van der Waals surface area contributed by atoms with E-state index in [1.807, 2.05) is 36.4 Å². The van der Waals surface area contributed by atoms with Gasteiger partial charge >= 0.3 is 0 Å². The van der Waals surface area contributed by atoms with Crippen molar-refractivity contribution in [3.05, 3.63) is 75.8 Å². The Balaban J connectivity index is 1.68. The number of hydrogen-bond donors (Lipinski definition) is 1. The summed E-state index contributed by atoms with van der Waals surface area (Å²) in [6, 6.07) is 17.1.